The van der Waals surface area contributed by atoms with Gasteiger partial charge in [0.15, 0.2) is 14.6 Å². The molecule has 0 radical (unpaired) electrons. The van der Waals surface area contributed by atoms with Gasteiger partial charge in [-0.2, -0.15) is 4.99 Å². The molecule has 0 saturated carbocycles. The van der Waals surface area contributed by atoms with Gasteiger partial charge in [-0.15, -0.1) is 11.3 Å². The van der Waals surface area contributed by atoms with Crippen molar-refractivity contribution in [2.24, 2.45) is 4.99 Å². The van der Waals surface area contributed by atoms with E-state index in [1.54, 1.807) is 6.07 Å². The number of amides is 2. The van der Waals surface area contributed by atoms with E-state index < -0.39 is 45.1 Å². The molecule has 0 saturated heterocycles. The average Bonchev–Trinajstić information content (AvgIpc) is 3.28. The summed E-state index contributed by atoms with van der Waals surface area (Å²) in [4.78, 5) is 55.0. The van der Waals surface area contributed by atoms with Crippen molar-refractivity contribution < 1.29 is 37.1 Å². The minimum Gasteiger partial charge on any atom is -0.468 e. The van der Waals surface area contributed by atoms with Crippen LogP contribution < -0.4 is 10.1 Å². The average molecular weight is 608 g/mol. The number of esters is 2. The van der Waals surface area contributed by atoms with Crippen molar-refractivity contribution in [1.29, 1.82) is 0 Å². The summed E-state index contributed by atoms with van der Waals surface area (Å²) < 4.78 is 37.4. The third-order valence-electron chi connectivity index (χ3n) is 6.33. The lowest BCUT2D eigenvalue weighted by Gasteiger charge is -2.07. The maximum absolute atomic E-state index is 12.8. The summed E-state index contributed by atoms with van der Waals surface area (Å²) in [6, 6.07) is 5.49. The van der Waals surface area contributed by atoms with Crippen molar-refractivity contribution in [2.75, 3.05) is 31.0 Å². The molecule has 3 aromatic rings. The third kappa shape index (κ3) is 6.85. The summed E-state index contributed by atoms with van der Waals surface area (Å²) in [7, 11) is -1.72. The number of thiazole rings is 1. The number of thiophene rings is 1. The van der Waals surface area contributed by atoms with Crippen LogP contribution in [0.15, 0.2) is 23.2 Å². The predicted octanol–water partition coefficient (Wildman–Crippen LogP) is 2.78. The number of carbonyl (C=O) groups is 4. The molecule has 1 aliphatic rings. The van der Waals surface area contributed by atoms with E-state index >= 15 is 0 Å². The normalized spacial score (nSPS) is 13.9. The van der Waals surface area contributed by atoms with Crippen molar-refractivity contribution >= 4 is 71.5 Å². The first-order valence-electron chi connectivity index (χ1n) is 12.5. The maximum atomic E-state index is 12.8. The number of ether oxygens (including phenoxy) is 2. The molecule has 0 fully saturated rings. The van der Waals surface area contributed by atoms with Gasteiger partial charge in [0, 0.05) is 4.88 Å². The second-order valence-corrected chi connectivity index (χ2v) is 13.5. The molecule has 1 aromatic carbocycles. The lowest BCUT2D eigenvalue weighted by molar-refractivity contribution is -0.141. The third-order valence-corrected chi connectivity index (χ3v) is 9.97. The van der Waals surface area contributed by atoms with Gasteiger partial charge in [-0.25, -0.2) is 13.2 Å². The van der Waals surface area contributed by atoms with Crippen LogP contribution in [0.2, 0.25) is 0 Å². The molecule has 40 heavy (non-hydrogen) atoms. The maximum Gasteiger partial charge on any atom is 0.341 e. The Kier molecular flexibility index (Phi) is 9.21. The zero-order valence-corrected chi connectivity index (χ0v) is 24.7. The summed E-state index contributed by atoms with van der Waals surface area (Å²) in [6.45, 7) is 1.68. The molecular formula is C26H29N3O8S3. The first kappa shape index (κ1) is 29.6. The van der Waals surface area contributed by atoms with E-state index in [0.29, 0.717) is 11.9 Å². The summed E-state index contributed by atoms with van der Waals surface area (Å²) in [5, 5.41) is 2.80. The van der Waals surface area contributed by atoms with Gasteiger partial charge in [0.1, 0.15) is 23.1 Å². The Labute approximate surface area is 238 Å². The molecule has 0 atom stereocenters. The van der Waals surface area contributed by atoms with Crippen LogP contribution in [0.5, 0.6) is 0 Å². The quantitative estimate of drug-likeness (QED) is 0.303. The molecule has 1 N–H and O–H groups in total. The predicted molar refractivity (Wildman–Crippen MR) is 151 cm³/mol. The van der Waals surface area contributed by atoms with Gasteiger partial charge in [-0.3, -0.25) is 14.4 Å². The zero-order valence-electron chi connectivity index (χ0n) is 22.3. The SMILES string of the molecule is COC(=O)Cn1c(=NC(=O)CS(=O)(=O)CC(=O)Nc2sc3c(c2C(=O)OC)CCCCC3)sc2cc(C)ccc21. The molecule has 0 aliphatic heterocycles. The van der Waals surface area contributed by atoms with Gasteiger partial charge in [-0.05, 0) is 55.9 Å². The van der Waals surface area contributed by atoms with Crippen LogP contribution in [0.25, 0.3) is 10.2 Å². The number of hydrogen-bond donors (Lipinski definition) is 1. The van der Waals surface area contributed by atoms with Crippen molar-refractivity contribution in [2.45, 2.75) is 45.6 Å². The Balaban J connectivity index is 1.53. The highest BCUT2D eigenvalue weighted by atomic mass is 32.2. The van der Waals surface area contributed by atoms with Gasteiger partial charge in [-0.1, -0.05) is 23.8 Å². The van der Waals surface area contributed by atoms with Crippen molar-refractivity contribution in [1.82, 2.24) is 4.57 Å². The Bertz CT molecular complexity index is 1660. The first-order chi connectivity index (χ1) is 19.0. The topological polar surface area (TPSA) is 150 Å². The number of nitrogens with zero attached hydrogens (tertiary/aromatic N) is 2. The van der Waals surface area contributed by atoms with Crippen LogP contribution in [0.1, 0.15) is 45.6 Å². The molecule has 2 amide bonds. The van der Waals surface area contributed by atoms with E-state index in [2.05, 4.69) is 10.3 Å². The van der Waals surface area contributed by atoms with Crippen molar-refractivity contribution in [3.63, 3.8) is 0 Å². The smallest absolute Gasteiger partial charge is 0.341 e. The van der Waals surface area contributed by atoms with E-state index in [0.717, 1.165) is 57.7 Å². The second-order valence-electron chi connectivity index (χ2n) is 9.36. The standard InChI is InChI=1S/C26H29N3O8S3/c1-15-9-10-17-19(11-15)39-26(29(17)12-22(32)36-2)28-21(31)14-40(34,35)13-20(30)27-24-23(25(33)37-3)16-7-5-4-6-8-18(16)38-24/h9-11H,4-8,12-14H2,1-3H3,(H,27,30). The van der Waals surface area contributed by atoms with E-state index in [1.165, 1.54) is 30.1 Å². The van der Waals surface area contributed by atoms with Crippen LogP contribution in [0, 0.1) is 6.92 Å². The van der Waals surface area contributed by atoms with Gasteiger partial charge >= 0.3 is 11.9 Å². The monoisotopic (exact) mass is 607 g/mol. The molecule has 2 aromatic heterocycles. The molecule has 0 spiro atoms. The molecule has 11 nitrogen and oxygen atoms in total. The van der Waals surface area contributed by atoms with Crippen LogP contribution >= 0.6 is 22.7 Å². The number of aryl methyl sites for hydroxylation is 2. The lowest BCUT2D eigenvalue weighted by Crippen LogP contribution is -2.29. The fourth-order valence-electron chi connectivity index (χ4n) is 4.50. The molecule has 0 unspecified atom stereocenters. The number of benzene rings is 1. The Morgan fingerprint density at radius 3 is 2.50 bits per heavy atom. The van der Waals surface area contributed by atoms with Gasteiger partial charge in [0.2, 0.25) is 5.91 Å². The minimum atomic E-state index is -4.21. The highest BCUT2D eigenvalue weighted by molar-refractivity contribution is 7.92. The molecule has 1 aliphatic carbocycles. The molecular weight excluding hydrogens is 579 g/mol. The zero-order chi connectivity index (χ0) is 29.0. The summed E-state index contributed by atoms with van der Waals surface area (Å²) in [5.74, 6) is -4.97. The molecule has 0 bridgehead atoms. The number of carbonyl (C=O) groups excluding carboxylic acids is 4. The van der Waals surface area contributed by atoms with Crippen LogP contribution in [-0.4, -0.2) is 62.5 Å². The Morgan fingerprint density at radius 1 is 1.02 bits per heavy atom. The van der Waals surface area contributed by atoms with Crippen molar-refractivity contribution in [3.05, 3.63) is 44.6 Å². The second kappa shape index (κ2) is 12.4. The largest absolute Gasteiger partial charge is 0.468 e. The van der Waals surface area contributed by atoms with Gasteiger partial charge in [0.25, 0.3) is 5.91 Å². The van der Waals surface area contributed by atoms with Crippen LogP contribution in [-0.2, 0) is 53.1 Å². The number of fused-ring (bicyclic) bond motifs is 2. The summed E-state index contributed by atoms with van der Waals surface area (Å²) >= 11 is 2.38. The number of methoxy groups -OCH3 is 2. The lowest BCUT2D eigenvalue weighted by atomic mass is 10.1. The summed E-state index contributed by atoms with van der Waals surface area (Å²) in [6.07, 6.45) is 4.33. The van der Waals surface area contributed by atoms with E-state index in [9.17, 15) is 27.6 Å². The molecule has 2 heterocycles. The number of hydrogen-bond acceptors (Lipinski definition) is 10. The highest BCUT2D eigenvalue weighted by Crippen LogP contribution is 2.38. The van der Waals surface area contributed by atoms with Crippen molar-refractivity contribution in [3.8, 4) is 0 Å². The fourth-order valence-corrected chi connectivity index (χ4v) is 7.95. The van der Waals surface area contributed by atoms with Gasteiger partial charge in [0.05, 0.1) is 30.0 Å². The number of aromatic nitrogens is 1. The summed E-state index contributed by atoms with van der Waals surface area (Å²) in [5.41, 5.74) is 2.70. The van der Waals surface area contributed by atoms with E-state index in [-0.39, 0.29) is 21.9 Å². The Hall–Kier alpha value is -3.36. The number of sulfone groups is 1. The number of rotatable bonds is 8. The first-order valence-corrected chi connectivity index (χ1v) is 15.9. The molecule has 214 valence electrons. The van der Waals surface area contributed by atoms with Crippen LogP contribution in [0.4, 0.5) is 5.00 Å². The van der Waals surface area contributed by atoms with Gasteiger partial charge < -0.3 is 19.4 Å². The molecule has 14 heteroatoms. The fraction of sp³-hybridized carbons (Fsp3) is 0.423. The minimum absolute atomic E-state index is 0.137. The highest BCUT2D eigenvalue weighted by Gasteiger charge is 2.28. The van der Waals surface area contributed by atoms with E-state index in [1.807, 2.05) is 19.1 Å². The number of anilines is 1. The van der Waals surface area contributed by atoms with Crippen LogP contribution in [0.3, 0.4) is 0 Å². The molecule has 4 rings (SSSR count). The van der Waals surface area contributed by atoms with E-state index in [4.69, 9.17) is 9.47 Å². The number of nitrogens with one attached hydrogen (secondary N) is 1. The Morgan fingerprint density at radius 2 is 1.77 bits per heavy atom.